The third kappa shape index (κ3) is 4.37. The summed E-state index contributed by atoms with van der Waals surface area (Å²) >= 11 is 0. The van der Waals surface area contributed by atoms with Gasteiger partial charge in [0.15, 0.2) is 0 Å². The minimum atomic E-state index is 0.971. The maximum atomic E-state index is 3.45. The molecule has 112 valence electrons. The number of rotatable bonds is 5. The van der Waals surface area contributed by atoms with Crippen LogP contribution < -0.4 is 0 Å². The zero-order valence-electron chi connectivity index (χ0n) is 13.6. The first-order valence-electron chi connectivity index (χ1n) is 8.19. The molecule has 0 fully saturated rings. The molecule has 0 saturated heterocycles. The minimum absolute atomic E-state index is 0.971. The average Bonchev–Trinajstić information content (AvgIpc) is 2.59. The van der Waals surface area contributed by atoms with Gasteiger partial charge in [0.25, 0.3) is 0 Å². The Morgan fingerprint density at radius 2 is 1.41 bits per heavy atom. The van der Waals surface area contributed by atoms with Gasteiger partial charge in [0.05, 0.1) is 0 Å². The maximum absolute atomic E-state index is 3.45. The summed E-state index contributed by atoms with van der Waals surface area (Å²) in [6, 6.07) is 21.1. The molecule has 0 heteroatoms. The van der Waals surface area contributed by atoms with E-state index in [4.69, 9.17) is 0 Å². The summed E-state index contributed by atoms with van der Waals surface area (Å²) in [6.07, 6.45) is 4.32. The van der Waals surface area contributed by atoms with Gasteiger partial charge in [-0.3, -0.25) is 0 Å². The quantitative estimate of drug-likeness (QED) is 0.349. The Balaban J connectivity index is 2.49. The molecular formula is C22H24. The van der Waals surface area contributed by atoms with Gasteiger partial charge in [-0.15, -0.1) is 0 Å². The second kappa shape index (κ2) is 8.90. The first kappa shape index (κ1) is 16.1. The zero-order valence-corrected chi connectivity index (χ0v) is 13.6. The molecule has 0 radical (unpaired) electrons. The van der Waals surface area contributed by atoms with Crippen molar-refractivity contribution in [1.29, 1.82) is 0 Å². The van der Waals surface area contributed by atoms with Crippen LogP contribution in [0.25, 0.3) is 11.1 Å². The fraction of sp³-hybridized carbons (Fsp3) is 0.273. The molecule has 0 unspecified atom stereocenters. The third-order valence-electron chi connectivity index (χ3n) is 3.71. The van der Waals surface area contributed by atoms with Crippen LogP contribution in [0.4, 0.5) is 0 Å². The van der Waals surface area contributed by atoms with E-state index in [9.17, 15) is 0 Å². The SMILES string of the molecule is CCCCC#C/C(=C(\CC)c1ccccc1)c1ccccc1. The summed E-state index contributed by atoms with van der Waals surface area (Å²) in [6.45, 7) is 4.41. The largest absolute Gasteiger partial charge is 0.0979 e. The molecule has 0 saturated carbocycles. The molecular weight excluding hydrogens is 264 g/mol. The summed E-state index contributed by atoms with van der Waals surface area (Å²) in [5.41, 5.74) is 4.99. The van der Waals surface area contributed by atoms with Crippen LogP contribution in [-0.4, -0.2) is 0 Å². The topological polar surface area (TPSA) is 0 Å². The van der Waals surface area contributed by atoms with Crippen LogP contribution in [0.2, 0.25) is 0 Å². The van der Waals surface area contributed by atoms with Gasteiger partial charge in [0.1, 0.15) is 0 Å². The van der Waals surface area contributed by atoms with Gasteiger partial charge in [-0.25, -0.2) is 0 Å². The molecule has 0 aliphatic rings. The van der Waals surface area contributed by atoms with Gasteiger partial charge in [-0.1, -0.05) is 92.8 Å². The Hall–Kier alpha value is -2.26. The normalized spacial score (nSPS) is 11.4. The average molecular weight is 288 g/mol. The highest BCUT2D eigenvalue weighted by molar-refractivity contribution is 5.98. The molecule has 0 amide bonds. The van der Waals surface area contributed by atoms with Crippen LogP contribution in [-0.2, 0) is 0 Å². The van der Waals surface area contributed by atoms with Crippen molar-refractivity contribution in [3.63, 3.8) is 0 Å². The van der Waals surface area contributed by atoms with E-state index >= 15 is 0 Å². The minimum Gasteiger partial charge on any atom is -0.0979 e. The lowest BCUT2D eigenvalue weighted by Crippen LogP contribution is -1.90. The van der Waals surface area contributed by atoms with E-state index in [2.05, 4.69) is 86.4 Å². The van der Waals surface area contributed by atoms with Crippen LogP contribution in [0.1, 0.15) is 50.7 Å². The Morgan fingerprint density at radius 3 is 1.95 bits per heavy atom. The van der Waals surface area contributed by atoms with Crippen LogP contribution >= 0.6 is 0 Å². The van der Waals surface area contributed by atoms with Gasteiger partial charge in [-0.05, 0) is 29.5 Å². The van der Waals surface area contributed by atoms with Crippen LogP contribution in [0, 0.1) is 11.8 Å². The molecule has 0 aliphatic heterocycles. The Morgan fingerprint density at radius 1 is 0.818 bits per heavy atom. The van der Waals surface area contributed by atoms with Crippen LogP contribution in [0.3, 0.4) is 0 Å². The van der Waals surface area contributed by atoms with E-state index in [0.717, 1.165) is 12.8 Å². The molecule has 2 aromatic rings. The third-order valence-corrected chi connectivity index (χ3v) is 3.71. The number of unbranched alkanes of at least 4 members (excludes halogenated alkanes) is 2. The van der Waals surface area contributed by atoms with Crippen molar-refractivity contribution in [2.75, 3.05) is 0 Å². The van der Waals surface area contributed by atoms with E-state index in [0.29, 0.717) is 0 Å². The highest BCUT2D eigenvalue weighted by atomic mass is 14.1. The van der Waals surface area contributed by atoms with E-state index in [1.54, 1.807) is 0 Å². The second-order valence-electron chi connectivity index (χ2n) is 5.34. The van der Waals surface area contributed by atoms with Crippen molar-refractivity contribution in [2.24, 2.45) is 0 Å². The molecule has 0 nitrogen and oxygen atoms in total. The lowest BCUT2D eigenvalue weighted by atomic mass is 9.93. The van der Waals surface area contributed by atoms with Gasteiger partial charge >= 0.3 is 0 Å². The van der Waals surface area contributed by atoms with Crippen molar-refractivity contribution in [3.05, 3.63) is 71.8 Å². The van der Waals surface area contributed by atoms with Gasteiger partial charge in [0, 0.05) is 12.0 Å². The lowest BCUT2D eigenvalue weighted by molar-refractivity contribution is 0.828. The second-order valence-corrected chi connectivity index (χ2v) is 5.34. The predicted molar refractivity (Wildman–Crippen MR) is 97.3 cm³/mol. The van der Waals surface area contributed by atoms with Crippen molar-refractivity contribution < 1.29 is 0 Å². The summed E-state index contributed by atoms with van der Waals surface area (Å²) < 4.78 is 0. The molecule has 2 aromatic carbocycles. The van der Waals surface area contributed by atoms with Crippen molar-refractivity contribution in [3.8, 4) is 11.8 Å². The molecule has 2 rings (SSSR count). The predicted octanol–water partition coefficient (Wildman–Crippen LogP) is 6.20. The fourth-order valence-electron chi connectivity index (χ4n) is 2.51. The van der Waals surface area contributed by atoms with Crippen LogP contribution in [0.15, 0.2) is 60.7 Å². The summed E-state index contributed by atoms with van der Waals surface area (Å²) in [5, 5.41) is 0. The van der Waals surface area contributed by atoms with Crippen molar-refractivity contribution in [2.45, 2.75) is 39.5 Å². The molecule has 0 heterocycles. The smallest absolute Gasteiger partial charge is 0.0355 e. The van der Waals surface area contributed by atoms with Gasteiger partial charge in [-0.2, -0.15) is 0 Å². The lowest BCUT2D eigenvalue weighted by Gasteiger charge is -2.10. The Kier molecular flexibility index (Phi) is 6.52. The monoisotopic (exact) mass is 288 g/mol. The molecule has 0 N–H and O–H groups in total. The highest BCUT2D eigenvalue weighted by Gasteiger charge is 2.07. The zero-order chi connectivity index (χ0) is 15.6. The maximum Gasteiger partial charge on any atom is 0.0355 e. The van der Waals surface area contributed by atoms with Gasteiger partial charge in [0.2, 0.25) is 0 Å². The molecule has 0 spiro atoms. The fourth-order valence-corrected chi connectivity index (χ4v) is 2.51. The molecule has 22 heavy (non-hydrogen) atoms. The number of benzene rings is 2. The summed E-state index contributed by atoms with van der Waals surface area (Å²) in [5.74, 6) is 6.81. The molecule has 0 bridgehead atoms. The number of hydrogen-bond donors (Lipinski definition) is 0. The Bertz CT molecular complexity index is 651. The first-order chi connectivity index (χ1) is 10.9. The molecule has 0 atom stereocenters. The van der Waals surface area contributed by atoms with E-state index in [1.807, 2.05) is 0 Å². The molecule has 0 aromatic heterocycles. The van der Waals surface area contributed by atoms with Crippen LogP contribution in [0.5, 0.6) is 0 Å². The van der Waals surface area contributed by atoms with E-state index < -0.39 is 0 Å². The first-order valence-corrected chi connectivity index (χ1v) is 8.19. The Labute approximate surface area is 134 Å². The van der Waals surface area contributed by atoms with E-state index in [-0.39, 0.29) is 0 Å². The van der Waals surface area contributed by atoms with Gasteiger partial charge < -0.3 is 0 Å². The number of hydrogen-bond acceptors (Lipinski definition) is 0. The molecule has 0 aliphatic carbocycles. The summed E-state index contributed by atoms with van der Waals surface area (Å²) in [4.78, 5) is 0. The highest BCUT2D eigenvalue weighted by Crippen LogP contribution is 2.28. The number of allylic oxidation sites excluding steroid dienone is 2. The summed E-state index contributed by atoms with van der Waals surface area (Å²) in [7, 11) is 0. The van der Waals surface area contributed by atoms with Crippen molar-refractivity contribution in [1.82, 2.24) is 0 Å². The standard InChI is InChI=1S/C22H24/c1-3-5-6-13-18-22(20-16-11-8-12-17-20)21(4-2)19-14-9-7-10-15-19/h7-12,14-17H,3-6H2,1-2H3/b22-21-. The van der Waals surface area contributed by atoms with E-state index in [1.165, 1.54) is 35.1 Å². The van der Waals surface area contributed by atoms with Crippen molar-refractivity contribution >= 4 is 11.1 Å².